The van der Waals surface area contributed by atoms with Gasteiger partial charge in [-0.25, -0.2) is 0 Å². The zero-order chi connectivity index (χ0) is 11.3. The van der Waals surface area contributed by atoms with Gasteiger partial charge in [0.25, 0.3) is 0 Å². The van der Waals surface area contributed by atoms with E-state index >= 15 is 0 Å². The maximum atomic E-state index is 11.5. The van der Waals surface area contributed by atoms with Crippen molar-refractivity contribution < 1.29 is 9.53 Å². The van der Waals surface area contributed by atoms with E-state index in [-0.39, 0.29) is 12.0 Å². The summed E-state index contributed by atoms with van der Waals surface area (Å²) in [4.78, 5) is 13.4. The zero-order valence-electron chi connectivity index (χ0n) is 9.54. The van der Waals surface area contributed by atoms with Crippen LogP contribution in [0.1, 0.15) is 26.7 Å². The topological polar surface area (TPSA) is 29.5 Å². The second-order valence-corrected chi connectivity index (χ2v) is 4.65. The molecule has 1 unspecified atom stereocenters. The summed E-state index contributed by atoms with van der Waals surface area (Å²) in [6.07, 6.45) is 1.81. The molecule has 0 aliphatic carbocycles. The zero-order valence-corrected chi connectivity index (χ0v) is 10.3. The number of halogens is 1. The van der Waals surface area contributed by atoms with Crippen molar-refractivity contribution in [3.8, 4) is 0 Å². The highest BCUT2D eigenvalue weighted by molar-refractivity contribution is 6.18. The minimum absolute atomic E-state index is 0.241. The lowest BCUT2D eigenvalue weighted by molar-refractivity contribution is -0.127. The van der Waals surface area contributed by atoms with E-state index in [0.29, 0.717) is 18.2 Å². The molecule has 1 aliphatic heterocycles. The van der Waals surface area contributed by atoms with E-state index in [9.17, 15) is 4.79 Å². The normalized spacial score (nSPS) is 21.7. The Morgan fingerprint density at radius 2 is 2.33 bits per heavy atom. The van der Waals surface area contributed by atoms with Gasteiger partial charge in [0.1, 0.15) is 0 Å². The molecule has 1 atom stereocenters. The summed E-state index contributed by atoms with van der Waals surface area (Å²) in [6, 6.07) is 0. The fourth-order valence-corrected chi connectivity index (χ4v) is 1.95. The maximum absolute atomic E-state index is 11.5. The van der Waals surface area contributed by atoms with Crippen molar-refractivity contribution in [1.82, 2.24) is 4.90 Å². The third-order valence-corrected chi connectivity index (χ3v) is 2.97. The van der Waals surface area contributed by atoms with Crippen LogP contribution in [0.25, 0.3) is 0 Å². The van der Waals surface area contributed by atoms with E-state index < -0.39 is 0 Å². The smallest absolute Gasteiger partial charge is 0.222 e. The van der Waals surface area contributed by atoms with Crippen LogP contribution in [0.2, 0.25) is 0 Å². The average molecular weight is 234 g/mol. The first-order valence-corrected chi connectivity index (χ1v) is 6.12. The molecular weight excluding hydrogens is 214 g/mol. The van der Waals surface area contributed by atoms with Crippen LogP contribution >= 0.6 is 11.6 Å². The highest BCUT2D eigenvalue weighted by atomic mass is 35.5. The van der Waals surface area contributed by atoms with Crippen LogP contribution in [-0.4, -0.2) is 42.5 Å². The Kier molecular flexibility index (Phi) is 5.40. The molecule has 1 amide bonds. The van der Waals surface area contributed by atoms with E-state index in [1.165, 1.54) is 0 Å². The molecule has 1 aliphatic rings. The average Bonchev–Trinajstić information content (AvgIpc) is 2.54. The van der Waals surface area contributed by atoms with Crippen molar-refractivity contribution in [2.75, 3.05) is 25.6 Å². The van der Waals surface area contributed by atoms with Crippen LogP contribution in [0.4, 0.5) is 0 Å². The summed E-state index contributed by atoms with van der Waals surface area (Å²) in [5.41, 5.74) is 0. The van der Waals surface area contributed by atoms with Gasteiger partial charge in [-0.2, -0.15) is 0 Å². The summed E-state index contributed by atoms with van der Waals surface area (Å²) in [5, 5.41) is 0. The summed E-state index contributed by atoms with van der Waals surface area (Å²) < 4.78 is 5.43. The first-order chi connectivity index (χ1) is 7.13. The van der Waals surface area contributed by atoms with Gasteiger partial charge in [-0.15, -0.1) is 11.6 Å². The second kappa shape index (κ2) is 6.33. The van der Waals surface area contributed by atoms with Gasteiger partial charge in [0, 0.05) is 32.0 Å². The first-order valence-electron chi connectivity index (χ1n) is 5.58. The van der Waals surface area contributed by atoms with Crippen LogP contribution < -0.4 is 0 Å². The fraction of sp³-hybridized carbons (Fsp3) is 0.909. The number of nitrogens with zero attached hydrogens (tertiary/aromatic N) is 1. The Balaban J connectivity index is 2.14. The van der Waals surface area contributed by atoms with E-state index in [1.807, 2.05) is 18.7 Å². The van der Waals surface area contributed by atoms with E-state index in [2.05, 4.69) is 0 Å². The monoisotopic (exact) mass is 233 g/mol. The molecule has 88 valence electrons. The van der Waals surface area contributed by atoms with Gasteiger partial charge in [0.15, 0.2) is 0 Å². The third kappa shape index (κ3) is 4.39. The number of rotatable bonds is 6. The predicted molar refractivity (Wildman–Crippen MR) is 61.1 cm³/mol. The summed E-state index contributed by atoms with van der Waals surface area (Å²) in [5.74, 6) is 1.18. The van der Waals surface area contributed by atoms with Gasteiger partial charge in [-0.1, -0.05) is 0 Å². The molecule has 1 heterocycles. The Labute approximate surface area is 96.7 Å². The van der Waals surface area contributed by atoms with Crippen molar-refractivity contribution in [1.29, 1.82) is 0 Å². The second-order valence-electron chi connectivity index (χ2n) is 4.34. The molecule has 0 spiro atoms. The molecule has 0 bridgehead atoms. The maximum Gasteiger partial charge on any atom is 0.222 e. The SMILES string of the molecule is CC(C)OCCCN1CC(CCl)CC1=O. The number of carbonyl (C=O) groups excluding carboxylic acids is 1. The van der Waals surface area contributed by atoms with Crippen molar-refractivity contribution in [3.63, 3.8) is 0 Å². The van der Waals surface area contributed by atoms with Crippen molar-refractivity contribution in [2.45, 2.75) is 32.8 Å². The Morgan fingerprint density at radius 3 is 2.87 bits per heavy atom. The first kappa shape index (κ1) is 12.8. The van der Waals surface area contributed by atoms with Gasteiger partial charge in [0.2, 0.25) is 5.91 Å². The summed E-state index contributed by atoms with van der Waals surface area (Å²) in [6.45, 7) is 6.39. The van der Waals surface area contributed by atoms with Crippen LogP contribution in [0.5, 0.6) is 0 Å². The van der Waals surface area contributed by atoms with Gasteiger partial charge >= 0.3 is 0 Å². The van der Waals surface area contributed by atoms with Crippen molar-refractivity contribution in [2.24, 2.45) is 5.92 Å². The van der Waals surface area contributed by atoms with Crippen LogP contribution in [0, 0.1) is 5.92 Å². The van der Waals surface area contributed by atoms with Gasteiger partial charge in [0.05, 0.1) is 6.10 Å². The highest BCUT2D eigenvalue weighted by Gasteiger charge is 2.28. The largest absolute Gasteiger partial charge is 0.379 e. The molecule has 3 nitrogen and oxygen atoms in total. The van der Waals surface area contributed by atoms with Crippen LogP contribution in [-0.2, 0) is 9.53 Å². The number of carbonyl (C=O) groups is 1. The molecule has 0 aromatic carbocycles. The molecule has 1 fully saturated rings. The van der Waals surface area contributed by atoms with Crippen molar-refractivity contribution >= 4 is 17.5 Å². The lowest BCUT2D eigenvalue weighted by atomic mass is 10.1. The minimum atomic E-state index is 0.241. The molecule has 0 radical (unpaired) electrons. The molecule has 0 aromatic rings. The Morgan fingerprint density at radius 1 is 1.60 bits per heavy atom. The third-order valence-electron chi connectivity index (χ3n) is 2.54. The van der Waals surface area contributed by atoms with E-state index in [0.717, 1.165) is 26.1 Å². The number of alkyl halides is 1. The predicted octanol–water partition coefficient (Wildman–Crippen LogP) is 1.89. The number of hydrogen-bond donors (Lipinski definition) is 0. The van der Waals surface area contributed by atoms with E-state index in [1.54, 1.807) is 0 Å². The van der Waals surface area contributed by atoms with Crippen LogP contribution in [0.15, 0.2) is 0 Å². The quantitative estimate of drug-likeness (QED) is 0.518. The molecule has 0 N–H and O–H groups in total. The number of ether oxygens (including phenoxy) is 1. The lowest BCUT2D eigenvalue weighted by Crippen LogP contribution is -2.27. The standard InChI is InChI=1S/C11H20ClNO2/c1-9(2)15-5-3-4-13-8-10(7-12)6-11(13)14/h9-10H,3-8H2,1-2H3. The molecule has 1 rings (SSSR count). The molecule has 0 aromatic heterocycles. The van der Waals surface area contributed by atoms with Gasteiger partial charge in [-0.05, 0) is 26.2 Å². The molecule has 15 heavy (non-hydrogen) atoms. The fourth-order valence-electron chi connectivity index (χ4n) is 1.75. The van der Waals surface area contributed by atoms with Gasteiger partial charge in [-0.3, -0.25) is 4.79 Å². The minimum Gasteiger partial charge on any atom is -0.379 e. The molecule has 0 saturated carbocycles. The molecule has 1 saturated heterocycles. The Hall–Kier alpha value is -0.280. The Bertz CT molecular complexity index is 209. The summed E-state index contributed by atoms with van der Waals surface area (Å²) in [7, 11) is 0. The van der Waals surface area contributed by atoms with Gasteiger partial charge < -0.3 is 9.64 Å². The van der Waals surface area contributed by atoms with E-state index in [4.69, 9.17) is 16.3 Å². The number of likely N-dealkylation sites (tertiary alicyclic amines) is 1. The molecule has 4 heteroatoms. The lowest BCUT2D eigenvalue weighted by Gasteiger charge is -2.16. The van der Waals surface area contributed by atoms with Crippen molar-refractivity contribution in [3.05, 3.63) is 0 Å². The number of amides is 1. The van der Waals surface area contributed by atoms with Crippen LogP contribution in [0.3, 0.4) is 0 Å². The summed E-state index contributed by atoms with van der Waals surface area (Å²) >= 11 is 5.74. The molecular formula is C11H20ClNO2. The highest BCUT2D eigenvalue weighted by Crippen LogP contribution is 2.18. The number of hydrogen-bond acceptors (Lipinski definition) is 2.